The SMILES string of the molecule is C=CC(=O)N1Cc2sccc2C(c2ccccc2-c2cn(CC)nc2C(F)(P)P)C1. The topological polar surface area (TPSA) is 38.1 Å². The molecule has 156 valence electrons. The predicted octanol–water partition coefficient (Wildman–Crippen LogP) is 5.12. The molecule has 1 aliphatic rings. The number of aryl methyl sites for hydroxylation is 1. The van der Waals surface area contributed by atoms with E-state index in [1.165, 1.54) is 16.5 Å². The predicted molar refractivity (Wildman–Crippen MR) is 127 cm³/mol. The Bertz CT molecular complexity index is 1100. The Morgan fingerprint density at radius 3 is 2.80 bits per heavy atom. The zero-order valence-electron chi connectivity index (χ0n) is 16.7. The van der Waals surface area contributed by atoms with Crippen LogP contribution in [0.4, 0.5) is 4.39 Å². The third-order valence-electron chi connectivity index (χ3n) is 5.45. The van der Waals surface area contributed by atoms with Crippen molar-refractivity contribution in [3.63, 3.8) is 0 Å². The van der Waals surface area contributed by atoms with Gasteiger partial charge in [0.25, 0.3) is 0 Å². The van der Waals surface area contributed by atoms with E-state index in [0.717, 1.165) is 16.7 Å². The maximum absolute atomic E-state index is 15.0. The molecule has 0 spiro atoms. The van der Waals surface area contributed by atoms with Crippen LogP contribution in [-0.4, -0.2) is 27.1 Å². The van der Waals surface area contributed by atoms with Crippen molar-refractivity contribution in [3.8, 4) is 11.1 Å². The number of nitrogens with zero attached hydrogens (tertiary/aromatic N) is 3. The molecule has 0 bridgehead atoms. The van der Waals surface area contributed by atoms with Crippen molar-refractivity contribution in [3.05, 3.63) is 76.3 Å². The van der Waals surface area contributed by atoms with Crippen molar-refractivity contribution in [2.45, 2.75) is 31.1 Å². The minimum Gasteiger partial charge on any atom is -0.333 e. The van der Waals surface area contributed by atoms with Crippen LogP contribution in [0.5, 0.6) is 0 Å². The van der Waals surface area contributed by atoms with E-state index >= 15 is 0 Å². The van der Waals surface area contributed by atoms with E-state index in [2.05, 4.69) is 47.7 Å². The lowest BCUT2D eigenvalue weighted by Crippen LogP contribution is -2.37. The molecule has 2 aromatic heterocycles. The van der Waals surface area contributed by atoms with Crippen LogP contribution in [0.1, 0.15) is 34.5 Å². The highest BCUT2D eigenvalue weighted by atomic mass is 32.1. The maximum atomic E-state index is 15.0. The van der Waals surface area contributed by atoms with Gasteiger partial charge in [0.15, 0.2) is 5.15 Å². The number of hydrogen-bond donors (Lipinski definition) is 0. The molecular weight excluding hydrogens is 435 g/mol. The van der Waals surface area contributed by atoms with E-state index in [0.29, 0.717) is 25.3 Å². The molecule has 1 aliphatic heterocycles. The second-order valence-corrected chi connectivity index (χ2v) is 10.7. The van der Waals surface area contributed by atoms with Crippen LogP contribution in [0, 0.1) is 0 Å². The molecule has 8 heteroatoms. The fourth-order valence-electron chi connectivity index (χ4n) is 4.02. The van der Waals surface area contributed by atoms with E-state index in [1.54, 1.807) is 16.0 Å². The van der Waals surface area contributed by atoms with Gasteiger partial charge in [-0.1, -0.05) is 49.3 Å². The smallest absolute Gasteiger partial charge is 0.246 e. The molecule has 3 unspecified atom stereocenters. The monoisotopic (exact) mass is 459 g/mol. The molecule has 4 rings (SSSR count). The number of hydrogen-bond acceptors (Lipinski definition) is 3. The van der Waals surface area contributed by atoms with E-state index in [4.69, 9.17) is 0 Å². The molecule has 0 radical (unpaired) electrons. The highest BCUT2D eigenvalue weighted by molar-refractivity contribution is 7.38. The van der Waals surface area contributed by atoms with Crippen LogP contribution in [-0.2, 0) is 23.0 Å². The molecule has 1 amide bonds. The van der Waals surface area contributed by atoms with Gasteiger partial charge >= 0.3 is 0 Å². The van der Waals surface area contributed by atoms with E-state index < -0.39 is 5.15 Å². The first kappa shape index (κ1) is 21.4. The summed E-state index contributed by atoms with van der Waals surface area (Å²) in [7, 11) is 4.44. The third kappa shape index (κ3) is 3.89. The van der Waals surface area contributed by atoms with Gasteiger partial charge in [-0.15, -0.1) is 11.3 Å². The van der Waals surface area contributed by atoms with Crippen molar-refractivity contribution in [2.24, 2.45) is 0 Å². The summed E-state index contributed by atoms with van der Waals surface area (Å²) in [5.41, 5.74) is 4.37. The number of benzene rings is 1. The number of amides is 1. The minimum absolute atomic E-state index is 0.000885. The second kappa shape index (κ2) is 8.34. The van der Waals surface area contributed by atoms with Crippen molar-refractivity contribution in [1.29, 1.82) is 0 Å². The van der Waals surface area contributed by atoms with Crippen LogP contribution in [0.3, 0.4) is 0 Å². The van der Waals surface area contributed by atoms with Crippen LogP contribution < -0.4 is 0 Å². The summed E-state index contributed by atoms with van der Waals surface area (Å²) in [5, 5.41) is 4.82. The number of alkyl halides is 1. The Morgan fingerprint density at radius 1 is 1.33 bits per heavy atom. The summed E-state index contributed by atoms with van der Waals surface area (Å²) in [6.07, 6.45) is 3.27. The summed E-state index contributed by atoms with van der Waals surface area (Å²) in [6.45, 7) is 7.44. The number of rotatable bonds is 5. The van der Waals surface area contributed by atoms with Crippen LogP contribution in [0.15, 0.2) is 54.6 Å². The lowest BCUT2D eigenvalue weighted by molar-refractivity contribution is -0.127. The van der Waals surface area contributed by atoms with E-state index in [1.807, 2.05) is 36.2 Å². The first-order valence-electron chi connectivity index (χ1n) is 9.75. The van der Waals surface area contributed by atoms with Gasteiger partial charge < -0.3 is 4.90 Å². The molecule has 0 saturated carbocycles. The third-order valence-corrected chi connectivity index (χ3v) is 6.92. The average Bonchev–Trinajstić information content (AvgIpc) is 3.39. The molecular formula is C22H24FN3OP2S. The molecule has 0 saturated heterocycles. The minimum atomic E-state index is -1.73. The number of aromatic nitrogens is 2. The van der Waals surface area contributed by atoms with Gasteiger partial charge in [0.2, 0.25) is 5.91 Å². The molecule has 4 nitrogen and oxygen atoms in total. The van der Waals surface area contributed by atoms with Gasteiger partial charge in [-0.05, 0) is 41.1 Å². The second-order valence-electron chi connectivity index (χ2n) is 7.38. The number of thiophene rings is 1. The maximum Gasteiger partial charge on any atom is 0.246 e. The average molecular weight is 459 g/mol. The van der Waals surface area contributed by atoms with Crippen molar-refractivity contribution < 1.29 is 9.18 Å². The van der Waals surface area contributed by atoms with Crippen LogP contribution in [0.2, 0.25) is 0 Å². The molecule has 3 heterocycles. The quantitative estimate of drug-likeness (QED) is 0.392. The highest BCUT2D eigenvalue weighted by Gasteiger charge is 2.33. The number of fused-ring (bicyclic) bond motifs is 1. The summed E-state index contributed by atoms with van der Waals surface area (Å²) in [6, 6.07) is 10.2. The summed E-state index contributed by atoms with van der Waals surface area (Å²) >= 11 is 1.66. The molecule has 30 heavy (non-hydrogen) atoms. The van der Waals surface area contributed by atoms with Crippen molar-refractivity contribution >= 4 is 35.7 Å². The lowest BCUT2D eigenvalue weighted by atomic mass is 9.84. The first-order chi connectivity index (χ1) is 14.3. The molecule has 0 aliphatic carbocycles. The Hall–Kier alpha value is -1.87. The molecule has 1 aromatic carbocycles. The van der Waals surface area contributed by atoms with Gasteiger partial charge in [0.05, 0.1) is 6.54 Å². The number of carbonyl (C=O) groups excluding carboxylic acids is 1. The Labute approximate surface area is 184 Å². The molecule has 3 atom stereocenters. The Kier molecular flexibility index (Phi) is 5.94. The largest absolute Gasteiger partial charge is 0.333 e. The molecule has 0 N–H and O–H groups in total. The molecule has 0 fully saturated rings. The zero-order chi connectivity index (χ0) is 21.5. The summed E-state index contributed by atoms with van der Waals surface area (Å²) < 4.78 is 16.7. The fourth-order valence-corrected chi connectivity index (χ4v) is 5.40. The highest BCUT2D eigenvalue weighted by Crippen LogP contribution is 2.46. The van der Waals surface area contributed by atoms with Crippen molar-refractivity contribution in [2.75, 3.05) is 6.54 Å². The van der Waals surface area contributed by atoms with Gasteiger partial charge in [0, 0.05) is 35.6 Å². The molecule has 3 aromatic rings. The van der Waals surface area contributed by atoms with Gasteiger partial charge in [0.1, 0.15) is 5.69 Å². The van der Waals surface area contributed by atoms with E-state index in [-0.39, 0.29) is 11.8 Å². The Balaban J connectivity index is 1.87. The number of halogens is 1. The van der Waals surface area contributed by atoms with Crippen molar-refractivity contribution in [1.82, 2.24) is 14.7 Å². The van der Waals surface area contributed by atoms with Gasteiger partial charge in [-0.2, -0.15) is 5.10 Å². The van der Waals surface area contributed by atoms with Gasteiger partial charge in [-0.25, -0.2) is 4.39 Å². The van der Waals surface area contributed by atoms with Gasteiger partial charge in [-0.3, -0.25) is 9.48 Å². The van der Waals surface area contributed by atoms with E-state index in [9.17, 15) is 9.18 Å². The Morgan fingerprint density at radius 2 is 2.10 bits per heavy atom. The zero-order valence-corrected chi connectivity index (χ0v) is 19.8. The van der Waals surface area contributed by atoms with Crippen LogP contribution in [0.25, 0.3) is 11.1 Å². The standard InChI is InChI=1S/C22H24FN3OP2S/c1-3-20(27)25-11-17(16-9-10-30-19(16)13-25)14-7-5-6-8-15(14)18-12-26(4-2)24-21(18)22(23,28)29/h3,5-10,12,17H,1,4,11,13,28-29H2,2H3. The lowest BCUT2D eigenvalue weighted by Gasteiger charge is -2.33. The fraction of sp³-hybridized carbons (Fsp3) is 0.273. The number of carbonyl (C=O) groups is 1. The summed E-state index contributed by atoms with van der Waals surface area (Å²) in [5.74, 6) is -0.0744. The summed E-state index contributed by atoms with van der Waals surface area (Å²) in [4.78, 5) is 15.4. The van der Waals surface area contributed by atoms with Crippen LogP contribution >= 0.6 is 29.8 Å². The normalized spacial score (nSPS) is 16.4. The first-order valence-corrected chi connectivity index (χ1v) is 11.8.